The molecule has 1 N–H and O–H groups in total. The Morgan fingerprint density at radius 1 is 1.28 bits per heavy atom. The summed E-state index contributed by atoms with van der Waals surface area (Å²) in [6.07, 6.45) is 5.24. The van der Waals surface area contributed by atoms with Gasteiger partial charge in [0.15, 0.2) is 11.2 Å². The molecular formula is C14H20O4. The minimum absolute atomic E-state index is 0.0500. The summed E-state index contributed by atoms with van der Waals surface area (Å²) >= 11 is 0. The summed E-state index contributed by atoms with van der Waals surface area (Å²) in [5, 5.41) is 9.63. The molecule has 2 aliphatic heterocycles. The van der Waals surface area contributed by atoms with Crippen molar-refractivity contribution in [1.82, 2.24) is 0 Å². The number of carboxylic acid groups (broad SMARTS) is 1. The molecule has 3 fully saturated rings. The van der Waals surface area contributed by atoms with Crippen LogP contribution < -0.4 is 0 Å². The molecule has 0 unspecified atom stereocenters. The third-order valence-electron chi connectivity index (χ3n) is 5.30. The van der Waals surface area contributed by atoms with Gasteiger partial charge in [-0.15, -0.1) is 0 Å². The maximum Gasteiger partial charge on any atom is 0.319 e. The van der Waals surface area contributed by atoms with Crippen LogP contribution in [0.3, 0.4) is 0 Å². The monoisotopic (exact) mass is 252 g/mol. The van der Waals surface area contributed by atoms with Crippen molar-refractivity contribution in [1.29, 1.82) is 0 Å². The number of hydrogen-bond donors (Lipinski definition) is 1. The Morgan fingerprint density at radius 2 is 2.06 bits per heavy atom. The zero-order valence-electron chi connectivity index (χ0n) is 10.8. The smallest absolute Gasteiger partial charge is 0.319 e. The highest BCUT2D eigenvalue weighted by Gasteiger charge is 2.66. The van der Waals surface area contributed by atoms with Crippen LogP contribution in [0.25, 0.3) is 0 Å². The Bertz CT molecular complexity index is 405. The molecule has 4 heteroatoms. The highest BCUT2D eigenvalue weighted by atomic mass is 16.5. The molecule has 1 saturated carbocycles. The van der Waals surface area contributed by atoms with E-state index in [1.165, 1.54) is 0 Å². The van der Waals surface area contributed by atoms with Crippen LogP contribution in [0.15, 0.2) is 0 Å². The van der Waals surface area contributed by atoms with E-state index in [9.17, 15) is 14.7 Å². The first-order valence-electron chi connectivity index (χ1n) is 6.96. The van der Waals surface area contributed by atoms with Crippen molar-refractivity contribution in [2.75, 3.05) is 0 Å². The molecular weight excluding hydrogens is 232 g/mol. The van der Waals surface area contributed by atoms with Gasteiger partial charge in [0.1, 0.15) is 0 Å². The van der Waals surface area contributed by atoms with Gasteiger partial charge in [0.05, 0.1) is 11.7 Å². The summed E-state index contributed by atoms with van der Waals surface area (Å²) in [4.78, 5) is 24.5. The van der Waals surface area contributed by atoms with Gasteiger partial charge in [0.2, 0.25) is 0 Å². The van der Waals surface area contributed by atoms with Crippen molar-refractivity contribution in [2.24, 2.45) is 11.3 Å². The Balaban J connectivity index is 2.09. The summed E-state index contributed by atoms with van der Waals surface area (Å²) in [5.74, 6) is -1.23. The van der Waals surface area contributed by atoms with E-state index in [0.29, 0.717) is 12.8 Å². The van der Waals surface area contributed by atoms with Crippen molar-refractivity contribution >= 4 is 11.8 Å². The third-order valence-corrected chi connectivity index (χ3v) is 5.30. The lowest BCUT2D eigenvalue weighted by atomic mass is 9.64. The van der Waals surface area contributed by atoms with Crippen LogP contribution in [0.2, 0.25) is 0 Å². The molecule has 100 valence electrons. The number of fused-ring (bicyclic) bond motifs is 6. The quantitative estimate of drug-likeness (QED) is 0.726. The van der Waals surface area contributed by atoms with Gasteiger partial charge in [-0.25, -0.2) is 0 Å². The molecule has 1 aliphatic carbocycles. The van der Waals surface area contributed by atoms with E-state index >= 15 is 0 Å². The molecule has 4 bridgehead atoms. The normalized spacial score (nSPS) is 47.5. The van der Waals surface area contributed by atoms with Gasteiger partial charge in [0, 0.05) is 5.92 Å². The minimum atomic E-state index is -1.25. The van der Waals surface area contributed by atoms with E-state index in [1.807, 2.05) is 6.92 Å². The second kappa shape index (κ2) is 3.80. The number of ketones is 1. The highest BCUT2D eigenvalue weighted by Crippen LogP contribution is 2.55. The predicted molar refractivity (Wildman–Crippen MR) is 64.2 cm³/mol. The van der Waals surface area contributed by atoms with E-state index in [1.54, 1.807) is 0 Å². The average molecular weight is 252 g/mol. The van der Waals surface area contributed by atoms with Crippen molar-refractivity contribution in [3.63, 3.8) is 0 Å². The van der Waals surface area contributed by atoms with Crippen molar-refractivity contribution in [3.8, 4) is 0 Å². The number of carbonyl (C=O) groups excluding carboxylic acids is 1. The molecule has 3 rings (SSSR count). The number of carbonyl (C=O) groups is 2. The van der Waals surface area contributed by atoms with Crippen molar-refractivity contribution < 1.29 is 19.4 Å². The van der Waals surface area contributed by atoms with E-state index in [-0.39, 0.29) is 11.7 Å². The van der Waals surface area contributed by atoms with Crippen LogP contribution in [0.4, 0.5) is 0 Å². The molecule has 0 radical (unpaired) electrons. The third kappa shape index (κ3) is 1.35. The van der Waals surface area contributed by atoms with Gasteiger partial charge in [-0.3, -0.25) is 9.59 Å². The van der Waals surface area contributed by atoms with E-state index in [2.05, 4.69) is 0 Å². The molecule has 0 aromatic rings. The molecule has 2 heterocycles. The van der Waals surface area contributed by atoms with Crippen LogP contribution in [-0.2, 0) is 14.3 Å². The lowest BCUT2D eigenvalue weighted by Gasteiger charge is -2.47. The number of carboxylic acids is 1. The maximum atomic E-state index is 12.7. The molecule has 18 heavy (non-hydrogen) atoms. The number of ether oxygens (including phenoxy) is 1. The van der Waals surface area contributed by atoms with Crippen LogP contribution in [0.5, 0.6) is 0 Å². The Hall–Kier alpha value is -0.900. The van der Waals surface area contributed by atoms with Crippen LogP contribution in [-0.4, -0.2) is 28.6 Å². The first-order valence-corrected chi connectivity index (χ1v) is 6.96. The minimum Gasteiger partial charge on any atom is -0.480 e. The summed E-state index contributed by atoms with van der Waals surface area (Å²) in [6.45, 7) is 1.99. The lowest BCUT2D eigenvalue weighted by molar-refractivity contribution is -0.197. The van der Waals surface area contributed by atoms with Gasteiger partial charge in [-0.1, -0.05) is 19.3 Å². The highest BCUT2D eigenvalue weighted by molar-refractivity contribution is 6.06. The fraction of sp³-hybridized carbons (Fsp3) is 0.857. The van der Waals surface area contributed by atoms with Gasteiger partial charge >= 0.3 is 5.97 Å². The van der Waals surface area contributed by atoms with Gasteiger partial charge < -0.3 is 9.84 Å². The Labute approximate surface area is 107 Å². The van der Waals surface area contributed by atoms with Crippen LogP contribution >= 0.6 is 0 Å². The zero-order valence-corrected chi connectivity index (χ0v) is 10.8. The topological polar surface area (TPSA) is 63.6 Å². The van der Waals surface area contributed by atoms with Crippen LogP contribution in [0, 0.1) is 11.3 Å². The molecule has 2 saturated heterocycles. The second-order valence-corrected chi connectivity index (χ2v) is 6.25. The van der Waals surface area contributed by atoms with Gasteiger partial charge in [0.25, 0.3) is 0 Å². The standard InChI is InChI=1S/C14H20O4/c1-13-8-6-10(18-13)14(12(16)17)7-4-2-3-5-9(13)11(14)15/h9-10H,2-8H2,1H3,(H,16,17)/t9-,10-,13+,14+/m1/s1. The van der Waals surface area contributed by atoms with E-state index in [4.69, 9.17) is 4.74 Å². The van der Waals surface area contributed by atoms with E-state index in [0.717, 1.165) is 32.1 Å². The molecule has 0 amide bonds. The van der Waals surface area contributed by atoms with Crippen molar-refractivity contribution in [3.05, 3.63) is 0 Å². The van der Waals surface area contributed by atoms with Crippen molar-refractivity contribution in [2.45, 2.75) is 63.6 Å². The Kier molecular flexibility index (Phi) is 2.56. The molecule has 4 nitrogen and oxygen atoms in total. The molecule has 4 atom stereocenters. The SMILES string of the molecule is C[C@@]12CC[C@@H](O1)[C@@]1(C(=O)O)CCCCC[C@@H]2C1=O. The first kappa shape index (κ1) is 12.2. The first-order chi connectivity index (χ1) is 8.51. The second-order valence-electron chi connectivity index (χ2n) is 6.25. The summed E-state index contributed by atoms with van der Waals surface area (Å²) in [6, 6.07) is 0. The number of hydrogen-bond acceptors (Lipinski definition) is 3. The average Bonchev–Trinajstić information content (AvgIpc) is 2.64. The molecule has 3 aliphatic rings. The fourth-order valence-electron chi connectivity index (χ4n) is 4.21. The van der Waals surface area contributed by atoms with Gasteiger partial charge in [-0.05, 0) is 32.6 Å². The van der Waals surface area contributed by atoms with Crippen LogP contribution in [0.1, 0.15) is 51.9 Å². The Morgan fingerprint density at radius 3 is 2.78 bits per heavy atom. The summed E-state index contributed by atoms with van der Waals surface area (Å²) < 4.78 is 6.02. The van der Waals surface area contributed by atoms with E-state index < -0.39 is 23.1 Å². The number of rotatable bonds is 1. The fourth-order valence-corrected chi connectivity index (χ4v) is 4.21. The maximum absolute atomic E-state index is 12.7. The summed E-state index contributed by atoms with van der Waals surface area (Å²) in [7, 11) is 0. The predicted octanol–water partition coefficient (Wildman–Crippen LogP) is 2.16. The summed E-state index contributed by atoms with van der Waals surface area (Å²) in [5.41, 5.74) is -1.65. The molecule has 0 spiro atoms. The van der Waals surface area contributed by atoms with Gasteiger partial charge in [-0.2, -0.15) is 0 Å². The molecule has 0 aromatic carbocycles. The molecule has 0 aromatic heterocycles. The zero-order chi connectivity index (χ0) is 13.0. The lowest BCUT2D eigenvalue weighted by Crippen LogP contribution is -2.60. The number of aliphatic carboxylic acids is 1. The number of Topliss-reactive ketones (excluding diaryl/α,β-unsaturated/α-hetero) is 1. The largest absolute Gasteiger partial charge is 0.480 e.